The Kier molecular flexibility index (Phi) is 2.91. The van der Waals surface area contributed by atoms with Crippen LogP contribution in [0, 0.1) is 0 Å². The lowest BCUT2D eigenvalue weighted by atomic mass is 9.87. The lowest BCUT2D eigenvalue weighted by Gasteiger charge is -2.42. The minimum Gasteiger partial charge on any atom is -0.482 e. The van der Waals surface area contributed by atoms with Crippen molar-refractivity contribution in [3.63, 3.8) is 0 Å². The molecule has 2 aliphatic heterocycles. The number of nitrogens with one attached hydrogen (secondary N) is 1. The van der Waals surface area contributed by atoms with Gasteiger partial charge in [0.2, 0.25) is 0 Å². The Morgan fingerprint density at radius 1 is 1.24 bits per heavy atom. The quantitative estimate of drug-likeness (QED) is 0.879. The van der Waals surface area contributed by atoms with Crippen LogP contribution in [0.1, 0.15) is 18.5 Å². The van der Waals surface area contributed by atoms with E-state index < -0.39 is 0 Å². The molecule has 110 valence electrons. The minimum absolute atomic E-state index is 0.292. The van der Waals surface area contributed by atoms with E-state index in [1.165, 1.54) is 0 Å². The second-order valence-corrected chi connectivity index (χ2v) is 5.99. The van der Waals surface area contributed by atoms with Crippen molar-refractivity contribution in [1.82, 2.24) is 9.88 Å². The van der Waals surface area contributed by atoms with Crippen LogP contribution in [0.3, 0.4) is 0 Å². The van der Waals surface area contributed by atoms with Gasteiger partial charge in [-0.15, -0.1) is 0 Å². The Hall–Kier alpha value is -1.65. The Morgan fingerprint density at radius 2 is 2.05 bits per heavy atom. The van der Waals surface area contributed by atoms with E-state index in [-0.39, 0.29) is 5.60 Å². The average molecular weight is 305 g/mol. The average Bonchev–Trinajstić information content (AvgIpc) is 2.93. The van der Waals surface area contributed by atoms with Crippen LogP contribution in [0.4, 0.5) is 0 Å². The SMILES string of the molecule is COc1ccc2n1-c1ccc(Cl)cc1OC21CCNCC1. The van der Waals surface area contributed by atoms with Crippen molar-refractivity contribution in [2.75, 3.05) is 20.2 Å². The van der Waals surface area contributed by atoms with Gasteiger partial charge in [-0.3, -0.25) is 4.57 Å². The molecule has 1 fully saturated rings. The molecule has 0 aliphatic carbocycles. The van der Waals surface area contributed by atoms with Gasteiger partial charge in [0, 0.05) is 30.0 Å². The molecule has 0 radical (unpaired) electrons. The van der Waals surface area contributed by atoms with Gasteiger partial charge in [0.1, 0.15) is 5.75 Å². The first kappa shape index (κ1) is 13.0. The molecule has 1 spiro atoms. The third kappa shape index (κ3) is 1.86. The molecule has 4 rings (SSSR count). The first-order valence-electron chi connectivity index (χ1n) is 7.19. The molecule has 2 aliphatic rings. The van der Waals surface area contributed by atoms with E-state index in [9.17, 15) is 0 Å². The highest BCUT2D eigenvalue weighted by molar-refractivity contribution is 6.30. The van der Waals surface area contributed by atoms with Crippen molar-refractivity contribution >= 4 is 11.6 Å². The van der Waals surface area contributed by atoms with Crippen LogP contribution < -0.4 is 14.8 Å². The zero-order chi connectivity index (χ0) is 14.4. The second-order valence-electron chi connectivity index (χ2n) is 5.55. The maximum Gasteiger partial charge on any atom is 0.198 e. The van der Waals surface area contributed by atoms with Gasteiger partial charge in [0.05, 0.1) is 18.5 Å². The standard InChI is InChI=1S/C16H17ClN2O2/c1-20-15-5-4-14-16(6-8-18-9-7-16)21-13-10-11(17)2-3-12(13)19(14)15/h2-5,10,18H,6-9H2,1H3. The zero-order valence-electron chi connectivity index (χ0n) is 11.9. The van der Waals surface area contributed by atoms with Crippen LogP contribution >= 0.6 is 11.6 Å². The van der Waals surface area contributed by atoms with Crippen molar-refractivity contribution in [2.24, 2.45) is 0 Å². The highest BCUT2D eigenvalue weighted by Gasteiger charge is 2.43. The highest BCUT2D eigenvalue weighted by Crippen LogP contribution is 2.47. The highest BCUT2D eigenvalue weighted by atomic mass is 35.5. The van der Waals surface area contributed by atoms with Gasteiger partial charge < -0.3 is 14.8 Å². The number of aromatic nitrogens is 1. The molecule has 0 atom stereocenters. The van der Waals surface area contributed by atoms with Gasteiger partial charge in [0.25, 0.3) is 0 Å². The number of halogens is 1. The summed E-state index contributed by atoms with van der Waals surface area (Å²) in [7, 11) is 1.70. The van der Waals surface area contributed by atoms with E-state index in [1.807, 2.05) is 24.3 Å². The van der Waals surface area contributed by atoms with Crippen LogP contribution in [0.5, 0.6) is 11.6 Å². The Labute approximate surface area is 128 Å². The molecular weight excluding hydrogens is 288 g/mol. The fourth-order valence-electron chi connectivity index (χ4n) is 3.39. The van der Waals surface area contributed by atoms with E-state index in [0.29, 0.717) is 5.02 Å². The van der Waals surface area contributed by atoms with Crippen LogP contribution in [-0.2, 0) is 5.60 Å². The lowest BCUT2D eigenvalue weighted by Crippen LogP contribution is -2.46. The fraction of sp³-hybridized carbons (Fsp3) is 0.375. The maximum atomic E-state index is 6.42. The number of ether oxygens (including phenoxy) is 2. The van der Waals surface area contributed by atoms with E-state index in [0.717, 1.165) is 48.9 Å². The molecule has 1 aromatic carbocycles. The molecule has 1 saturated heterocycles. The summed E-state index contributed by atoms with van der Waals surface area (Å²) in [6, 6.07) is 9.88. The molecule has 0 amide bonds. The van der Waals surface area contributed by atoms with Crippen molar-refractivity contribution in [1.29, 1.82) is 0 Å². The number of methoxy groups -OCH3 is 1. The summed E-state index contributed by atoms with van der Waals surface area (Å²) >= 11 is 6.15. The van der Waals surface area contributed by atoms with Gasteiger partial charge >= 0.3 is 0 Å². The van der Waals surface area contributed by atoms with Gasteiger partial charge in [-0.2, -0.15) is 0 Å². The fourth-order valence-corrected chi connectivity index (χ4v) is 3.55. The molecular formula is C16H17ClN2O2. The molecule has 4 nitrogen and oxygen atoms in total. The van der Waals surface area contributed by atoms with Crippen LogP contribution in [0.25, 0.3) is 5.69 Å². The number of hydrogen-bond acceptors (Lipinski definition) is 3. The molecule has 0 saturated carbocycles. The first-order chi connectivity index (χ1) is 10.2. The predicted octanol–water partition coefficient (Wildman–Crippen LogP) is 3.11. The Morgan fingerprint density at radius 3 is 2.81 bits per heavy atom. The molecule has 3 heterocycles. The van der Waals surface area contributed by atoms with Gasteiger partial charge in [-0.1, -0.05) is 11.6 Å². The molecule has 0 unspecified atom stereocenters. The summed E-state index contributed by atoms with van der Waals surface area (Å²) < 4.78 is 14.1. The van der Waals surface area contributed by atoms with Crippen LogP contribution in [-0.4, -0.2) is 24.8 Å². The molecule has 5 heteroatoms. The predicted molar refractivity (Wildman–Crippen MR) is 81.7 cm³/mol. The van der Waals surface area contributed by atoms with Crippen molar-refractivity contribution in [3.8, 4) is 17.3 Å². The van der Waals surface area contributed by atoms with Gasteiger partial charge in [-0.05, 0) is 31.3 Å². The number of nitrogens with zero attached hydrogens (tertiary/aromatic N) is 1. The number of rotatable bonds is 1. The number of benzene rings is 1. The van der Waals surface area contributed by atoms with Gasteiger partial charge in [-0.25, -0.2) is 0 Å². The molecule has 1 aromatic heterocycles. The van der Waals surface area contributed by atoms with E-state index in [4.69, 9.17) is 21.1 Å². The molecule has 21 heavy (non-hydrogen) atoms. The molecule has 2 aromatic rings. The van der Waals surface area contributed by atoms with E-state index in [1.54, 1.807) is 7.11 Å². The smallest absolute Gasteiger partial charge is 0.198 e. The van der Waals surface area contributed by atoms with Gasteiger partial charge in [0.15, 0.2) is 11.5 Å². The number of fused-ring (bicyclic) bond motifs is 4. The molecule has 0 bridgehead atoms. The van der Waals surface area contributed by atoms with Crippen molar-refractivity contribution < 1.29 is 9.47 Å². The summed E-state index contributed by atoms with van der Waals surface area (Å²) in [5.74, 6) is 1.65. The van der Waals surface area contributed by atoms with E-state index in [2.05, 4.69) is 16.0 Å². The Balaban J connectivity index is 1.95. The lowest BCUT2D eigenvalue weighted by molar-refractivity contribution is 0.0195. The second kappa shape index (κ2) is 4.68. The van der Waals surface area contributed by atoms with E-state index >= 15 is 0 Å². The number of piperidine rings is 1. The first-order valence-corrected chi connectivity index (χ1v) is 7.57. The maximum absolute atomic E-state index is 6.42. The summed E-state index contributed by atoms with van der Waals surface area (Å²) in [6.45, 7) is 1.90. The van der Waals surface area contributed by atoms with Crippen LogP contribution in [0.2, 0.25) is 5.02 Å². The third-order valence-corrected chi connectivity index (χ3v) is 4.64. The summed E-state index contributed by atoms with van der Waals surface area (Å²) in [5, 5.41) is 4.08. The Bertz CT molecular complexity index is 690. The monoisotopic (exact) mass is 304 g/mol. The normalized spacial score (nSPS) is 18.8. The number of hydrogen-bond donors (Lipinski definition) is 1. The van der Waals surface area contributed by atoms with Crippen LogP contribution in [0.15, 0.2) is 30.3 Å². The topological polar surface area (TPSA) is 35.4 Å². The summed E-state index contributed by atoms with van der Waals surface area (Å²) in [6.07, 6.45) is 1.87. The summed E-state index contributed by atoms with van der Waals surface area (Å²) in [5.41, 5.74) is 1.86. The van der Waals surface area contributed by atoms with Crippen molar-refractivity contribution in [2.45, 2.75) is 18.4 Å². The van der Waals surface area contributed by atoms with Crippen molar-refractivity contribution in [3.05, 3.63) is 41.0 Å². The summed E-state index contributed by atoms with van der Waals surface area (Å²) in [4.78, 5) is 0. The minimum atomic E-state index is -0.292. The third-order valence-electron chi connectivity index (χ3n) is 4.40. The molecule has 1 N–H and O–H groups in total. The zero-order valence-corrected chi connectivity index (χ0v) is 12.6. The largest absolute Gasteiger partial charge is 0.482 e.